The molecule has 1 aromatic heterocycles. The summed E-state index contributed by atoms with van der Waals surface area (Å²) in [7, 11) is 3.40. The van der Waals surface area contributed by atoms with Gasteiger partial charge >= 0.3 is 0 Å². The number of imidazole rings is 1. The van der Waals surface area contributed by atoms with Crippen LogP contribution in [0.1, 0.15) is 12.5 Å². The first-order valence-electron chi connectivity index (χ1n) is 6.73. The predicted molar refractivity (Wildman–Crippen MR) is 80.5 cm³/mol. The van der Waals surface area contributed by atoms with Crippen molar-refractivity contribution in [1.82, 2.24) is 14.5 Å². The number of amides is 1. The average Bonchev–Trinajstić information content (AvgIpc) is 3.07. The smallest absolute Gasteiger partial charge is 0.245 e. The molecule has 0 bridgehead atoms. The number of aromatic nitrogens is 2. The van der Waals surface area contributed by atoms with Gasteiger partial charge in [0.05, 0.1) is 12.1 Å². The van der Waals surface area contributed by atoms with Gasteiger partial charge in [0.25, 0.3) is 0 Å². The van der Waals surface area contributed by atoms with Gasteiger partial charge in [0, 0.05) is 31.5 Å². The highest BCUT2D eigenvalue weighted by Gasteiger charge is 2.31. The van der Waals surface area contributed by atoms with Gasteiger partial charge in [-0.1, -0.05) is 11.6 Å². The Balaban J connectivity index is 1.99. The zero-order valence-electron chi connectivity index (χ0n) is 11.9. The van der Waals surface area contributed by atoms with Crippen LogP contribution in [0.2, 0.25) is 5.02 Å². The van der Waals surface area contributed by atoms with Crippen molar-refractivity contribution in [3.63, 3.8) is 0 Å². The third-order valence-electron chi connectivity index (χ3n) is 3.81. The second-order valence-electron chi connectivity index (χ2n) is 5.07. The van der Waals surface area contributed by atoms with Crippen LogP contribution in [-0.4, -0.2) is 41.1 Å². The molecule has 2 heterocycles. The fraction of sp³-hybridized carbons (Fsp3) is 0.333. The Hall–Kier alpha value is -2.01. The topological polar surface area (TPSA) is 47.4 Å². The standard InChI is InChI=1S/C15H16ClN3O2/c1-18-7-5-12(15(18)20)19-8-6-17-14(19)10-3-4-13(21-2)11(16)9-10/h3-4,6,8-9,12H,5,7H2,1-2H3. The molecule has 6 heteroatoms. The maximum atomic E-state index is 12.2. The SMILES string of the molecule is COc1ccc(-c2nccn2C2CCN(C)C2=O)cc1Cl. The number of hydrogen-bond donors (Lipinski definition) is 0. The van der Waals surface area contributed by atoms with E-state index in [2.05, 4.69) is 4.98 Å². The van der Waals surface area contributed by atoms with Crippen molar-refractivity contribution in [3.8, 4) is 17.1 Å². The van der Waals surface area contributed by atoms with Gasteiger partial charge in [-0.15, -0.1) is 0 Å². The molecule has 2 aromatic rings. The van der Waals surface area contributed by atoms with Crippen LogP contribution in [0.15, 0.2) is 30.6 Å². The van der Waals surface area contributed by atoms with Gasteiger partial charge in [-0.2, -0.15) is 0 Å². The second kappa shape index (κ2) is 5.41. The Morgan fingerprint density at radius 2 is 2.24 bits per heavy atom. The first-order chi connectivity index (χ1) is 10.1. The number of carbonyl (C=O) groups is 1. The minimum Gasteiger partial charge on any atom is -0.495 e. The second-order valence-corrected chi connectivity index (χ2v) is 5.48. The van der Waals surface area contributed by atoms with Gasteiger partial charge in [0.15, 0.2) is 0 Å². The molecule has 5 nitrogen and oxygen atoms in total. The molecule has 0 aliphatic carbocycles. The van der Waals surface area contributed by atoms with Crippen LogP contribution in [-0.2, 0) is 4.79 Å². The van der Waals surface area contributed by atoms with Gasteiger partial charge in [0.1, 0.15) is 17.6 Å². The number of benzene rings is 1. The van der Waals surface area contributed by atoms with Crippen molar-refractivity contribution in [2.75, 3.05) is 20.7 Å². The van der Waals surface area contributed by atoms with Crippen LogP contribution in [0.25, 0.3) is 11.4 Å². The lowest BCUT2D eigenvalue weighted by Gasteiger charge is -2.15. The van der Waals surface area contributed by atoms with Gasteiger partial charge in [-0.25, -0.2) is 4.98 Å². The van der Waals surface area contributed by atoms with Crippen LogP contribution >= 0.6 is 11.6 Å². The van der Waals surface area contributed by atoms with E-state index in [1.54, 1.807) is 24.3 Å². The van der Waals surface area contributed by atoms with Crippen LogP contribution < -0.4 is 4.74 Å². The molecule has 110 valence electrons. The van der Waals surface area contributed by atoms with E-state index in [9.17, 15) is 4.79 Å². The summed E-state index contributed by atoms with van der Waals surface area (Å²) >= 11 is 6.17. The molecule has 1 fully saturated rings. The molecule has 0 saturated carbocycles. The Kier molecular flexibility index (Phi) is 3.59. The summed E-state index contributed by atoms with van der Waals surface area (Å²) in [6.45, 7) is 0.768. The minimum absolute atomic E-state index is 0.119. The Morgan fingerprint density at radius 3 is 2.86 bits per heavy atom. The van der Waals surface area contributed by atoms with E-state index in [4.69, 9.17) is 16.3 Å². The molecule has 3 rings (SSSR count). The van der Waals surface area contributed by atoms with Crippen LogP contribution in [0.4, 0.5) is 0 Å². The van der Waals surface area contributed by atoms with E-state index in [0.717, 1.165) is 24.4 Å². The molecule has 1 aromatic carbocycles. The third kappa shape index (κ3) is 2.38. The molecule has 0 radical (unpaired) electrons. The van der Waals surface area contributed by atoms with Crippen molar-refractivity contribution in [3.05, 3.63) is 35.6 Å². The van der Waals surface area contributed by atoms with Crippen molar-refractivity contribution in [2.24, 2.45) is 0 Å². The lowest BCUT2D eigenvalue weighted by Crippen LogP contribution is -2.24. The largest absolute Gasteiger partial charge is 0.495 e. The van der Waals surface area contributed by atoms with Crippen molar-refractivity contribution < 1.29 is 9.53 Å². The summed E-state index contributed by atoms with van der Waals surface area (Å²) < 4.78 is 7.08. The van der Waals surface area contributed by atoms with E-state index >= 15 is 0 Å². The first kappa shape index (κ1) is 13.9. The monoisotopic (exact) mass is 305 g/mol. The number of hydrogen-bond acceptors (Lipinski definition) is 3. The van der Waals surface area contributed by atoms with Gasteiger partial charge in [-0.05, 0) is 24.6 Å². The third-order valence-corrected chi connectivity index (χ3v) is 4.11. The summed E-state index contributed by atoms with van der Waals surface area (Å²) in [6.07, 6.45) is 4.34. The number of rotatable bonds is 3. The van der Waals surface area contributed by atoms with Crippen LogP contribution in [0.3, 0.4) is 0 Å². The number of ether oxygens (including phenoxy) is 1. The number of methoxy groups -OCH3 is 1. The van der Waals surface area contributed by atoms with Crippen molar-refractivity contribution >= 4 is 17.5 Å². The number of carbonyl (C=O) groups excluding carboxylic acids is 1. The molecule has 1 atom stereocenters. The quantitative estimate of drug-likeness (QED) is 0.876. The Bertz CT molecular complexity index is 683. The summed E-state index contributed by atoms with van der Waals surface area (Å²) in [6, 6.07) is 5.32. The predicted octanol–water partition coefficient (Wildman–Crippen LogP) is 2.62. The molecular weight excluding hydrogens is 290 g/mol. The van der Waals surface area contributed by atoms with E-state index < -0.39 is 0 Å². The fourth-order valence-corrected chi connectivity index (χ4v) is 2.91. The summed E-state index contributed by atoms with van der Waals surface area (Å²) in [5.41, 5.74) is 0.869. The lowest BCUT2D eigenvalue weighted by molar-refractivity contribution is -0.129. The van der Waals surface area contributed by atoms with Crippen LogP contribution in [0, 0.1) is 0 Å². The number of likely N-dealkylation sites (tertiary alicyclic amines) is 1. The van der Waals surface area contributed by atoms with E-state index in [0.29, 0.717) is 10.8 Å². The molecule has 1 aliphatic rings. The van der Waals surface area contributed by atoms with E-state index in [-0.39, 0.29) is 11.9 Å². The molecule has 0 spiro atoms. The molecule has 1 saturated heterocycles. The van der Waals surface area contributed by atoms with Gasteiger partial charge in [0.2, 0.25) is 5.91 Å². The zero-order valence-corrected chi connectivity index (χ0v) is 12.7. The molecule has 1 unspecified atom stereocenters. The Morgan fingerprint density at radius 1 is 1.43 bits per heavy atom. The van der Waals surface area contributed by atoms with Gasteiger partial charge in [-0.3, -0.25) is 4.79 Å². The first-order valence-corrected chi connectivity index (χ1v) is 7.11. The number of halogens is 1. The highest BCUT2D eigenvalue weighted by Crippen LogP contribution is 2.32. The van der Waals surface area contributed by atoms with E-state index in [1.165, 1.54) is 0 Å². The average molecular weight is 306 g/mol. The lowest BCUT2D eigenvalue weighted by atomic mass is 10.1. The maximum absolute atomic E-state index is 12.2. The molecule has 1 aliphatic heterocycles. The Labute approximate surface area is 128 Å². The summed E-state index contributed by atoms with van der Waals surface area (Å²) in [5, 5.41) is 0.527. The maximum Gasteiger partial charge on any atom is 0.245 e. The fourth-order valence-electron chi connectivity index (χ4n) is 2.66. The van der Waals surface area contributed by atoms with Crippen LogP contribution in [0.5, 0.6) is 5.75 Å². The highest BCUT2D eigenvalue weighted by atomic mass is 35.5. The normalized spacial score (nSPS) is 18.3. The molecule has 0 N–H and O–H groups in total. The van der Waals surface area contributed by atoms with Gasteiger partial charge < -0.3 is 14.2 Å². The number of nitrogens with zero attached hydrogens (tertiary/aromatic N) is 3. The minimum atomic E-state index is -0.187. The van der Waals surface area contributed by atoms with Crippen molar-refractivity contribution in [2.45, 2.75) is 12.5 Å². The van der Waals surface area contributed by atoms with E-state index in [1.807, 2.05) is 29.9 Å². The summed E-state index contributed by atoms with van der Waals surface area (Å²) in [5.74, 6) is 1.48. The molecule has 1 amide bonds. The number of likely N-dealkylation sites (N-methyl/N-ethyl adjacent to an activating group) is 1. The van der Waals surface area contributed by atoms with Crippen molar-refractivity contribution in [1.29, 1.82) is 0 Å². The summed E-state index contributed by atoms with van der Waals surface area (Å²) in [4.78, 5) is 18.3. The molecular formula is C15H16ClN3O2. The zero-order chi connectivity index (χ0) is 15.0. The highest BCUT2D eigenvalue weighted by molar-refractivity contribution is 6.32. The molecule has 21 heavy (non-hydrogen) atoms.